The molecule has 1 unspecified atom stereocenters. The number of nitriles is 1. The third-order valence-electron chi connectivity index (χ3n) is 4.90. The smallest absolute Gasteiger partial charge is 0.328 e. The van der Waals surface area contributed by atoms with Crippen LogP contribution in [-0.2, 0) is 14.3 Å². The van der Waals surface area contributed by atoms with E-state index in [1.165, 1.54) is 6.08 Å². The van der Waals surface area contributed by atoms with Crippen LogP contribution in [0.2, 0.25) is 0 Å². The number of carbonyl (C=O) groups is 1. The van der Waals surface area contributed by atoms with Crippen LogP contribution in [0.15, 0.2) is 29.8 Å². The monoisotopic (exact) mass is 373 g/mol. The number of hydrogen-bond donors (Lipinski definition) is 1. The number of aliphatic carboxylic acids is 1. The van der Waals surface area contributed by atoms with Gasteiger partial charge in [-0.3, -0.25) is 0 Å². The Hall–Kier alpha value is -2.36. The molecule has 1 fully saturated rings. The first-order chi connectivity index (χ1) is 12.7. The minimum atomic E-state index is -1.00. The molecule has 0 amide bonds. The van der Waals surface area contributed by atoms with Crippen LogP contribution >= 0.6 is 0 Å². The quantitative estimate of drug-likeness (QED) is 0.736. The molecule has 146 valence electrons. The molecule has 1 aliphatic heterocycles. The van der Waals surface area contributed by atoms with Gasteiger partial charge in [0, 0.05) is 6.08 Å². The van der Waals surface area contributed by atoms with Crippen molar-refractivity contribution in [3.8, 4) is 11.8 Å². The van der Waals surface area contributed by atoms with E-state index >= 15 is 0 Å². The van der Waals surface area contributed by atoms with Gasteiger partial charge in [-0.15, -0.1) is 0 Å². The van der Waals surface area contributed by atoms with Gasteiger partial charge in [0.2, 0.25) is 0 Å². The first kappa shape index (κ1) is 20.9. The number of hydrogen-bond acceptors (Lipinski definition) is 5. The summed E-state index contributed by atoms with van der Waals surface area (Å²) in [6.07, 6.45) is 1.33. The summed E-state index contributed by atoms with van der Waals surface area (Å²) in [5.74, 6) is -0.502. The molecule has 6 nitrogen and oxygen atoms in total. The normalized spacial score (nSPS) is 19.2. The number of ether oxygens (including phenoxy) is 3. The summed E-state index contributed by atoms with van der Waals surface area (Å²) in [7, 11) is 0. The number of benzene rings is 1. The van der Waals surface area contributed by atoms with Gasteiger partial charge in [0.15, 0.2) is 0 Å². The summed E-state index contributed by atoms with van der Waals surface area (Å²) in [6, 6.07) is 7.66. The fourth-order valence-corrected chi connectivity index (χ4v) is 2.95. The van der Waals surface area contributed by atoms with Crippen LogP contribution in [0.1, 0.15) is 38.3 Å². The molecular weight excluding hydrogens is 346 g/mol. The lowest BCUT2D eigenvalue weighted by Gasteiger charge is -2.35. The van der Waals surface area contributed by atoms with Gasteiger partial charge in [-0.1, -0.05) is 13.0 Å². The van der Waals surface area contributed by atoms with E-state index < -0.39 is 11.6 Å². The average molecular weight is 373 g/mol. The van der Waals surface area contributed by atoms with Crippen molar-refractivity contribution in [3.05, 3.63) is 41.0 Å². The number of aryl methyl sites for hydroxylation is 1. The molecule has 27 heavy (non-hydrogen) atoms. The molecule has 0 bridgehead atoms. The van der Waals surface area contributed by atoms with Gasteiger partial charge in [0.25, 0.3) is 0 Å². The molecular formula is C21H27NO5. The van der Waals surface area contributed by atoms with Crippen LogP contribution in [-0.4, -0.2) is 42.6 Å². The van der Waals surface area contributed by atoms with E-state index in [-0.39, 0.29) is 12.0 Å². The standard InChI is InChI=1S/C21H27NO5/c1-14-5-6-18(17(9-14)12-22)27-21(3,4)15(2)10-16(11-20(23)24)19-13-25-7-8-26-19/h5-6,9,11,15,19H,7-8,10,13H2,1-4H3,(H,23,24)/b16-11+/t15-,19?/m0/s1. The van der Waals surface area contributed by atoms with Crippen LogP contribution in [0.3, 0.4) is 0 Å². The molecule has 2 rings (SSSR count). The molecule has 0 aliphatic carbocycles. The number of rotatable bonds is 7. The zero-order valence-corrected chi connectivity index (χ0v) is 16.3. The Morgan fingerprint density at radius 1 is 1.48 bits per heavy atom. The van der Waals surface area contributed by atoms with Crippen molar-refractivity contribution < 1.29 is 24.1 Å². The SMILES string of the molecule is Cc1ccc(OC(C)(C)[C@@H](C)C/C(=C\C(=O)O)C2COCCO2)c(C#N)c1. The molecule has 0 aromatic heterocycles. The summed E-state index contributed by atoms with van der Waals surface area (Å²) in [6.45, 7) is 9.12. The third-order valence-corrected chi connectivity index (χ3v) is 4.90. The Morgan fingerprint density at radius 3 is 2.81 bits per heavy atom. The van der Waals surface area contributed by atoms with Gasteiger partial charge < -0.3 is 19.3 Å². The third kappa shape index (κ3) is 5.81. The molecule has 0 spiro atoms. The molecule has 1 saturated heterocycles. The largest absolute Gasteiger partial charge is 0.486 e. The molecule has 0 saturated carbocycles. The van der Waals surface area contributed by atoms with Crippen LogP contribution in [0, 0.1) is 24.2 Å². The van der Waals surface area contributed by atoms with Crippen molar-refractivity contribution >= 4 is 5.97 Å². The van der Waals surface area contributed by atoms with E-state index in [0.29, 0.717) is 43.1 Å². The van der Waals surface area contributed by atoms with Gasteiger partial charge in [0.1, 0.15) is 23.5 Å². The van der Waals surface area contributed by atoms with E-state index in [4.69, 9.17) is 14.2 Å². The van der Waals surface area contributed by atoms with Gasteiger partial charge in [-0.25, -0.2) is 4.79 Å². The number of carboxylic acids is 1. The fourth-order valence-electron chi connectivity index (χ4n) is 2.95. The van der Waals surface area contributed by atoms with E-state index in [1.54, 1.807) is 12.1 Å². The fraction of sp³-hybridized carbons (Fsp3) is 0.524. The zero-order valence-electron chi connectivity index (χ0n) is 16.3. The molecule has 6 heteroatoms. The van der Waals surface area contributed by atoms with Crippen LogP contribution < -0.4 is 4.74 Å². The maximum atomic E-state index is 11.2. The van der Waals surface area contributed by atoms with Crippen molar-refractivity contribution in [1.29, 1.82) is 5.26 Å². The predicted octanol–water partition coefficient (Wildman–Crippen LogP) is 3.48. The van der Waals surface area contributed by atoms with Crippen molar-refractivity contribution in [2.75, 3.05) is 19.8 Å². The summed E-state index contributed by atoms with van der Waals surface area (Å²) in [5.41, 5.74) is 1.54. The summed E-state index contributed by atoms with van der Waals surface area (Å²) < 4.78 is 17.3. The van der Waals surface area contributed by atoms with Crippen molar-refractivity contribution in [2.24, 2.45) is 5.92 Å². The highest BCUT2D eigenvalue weighted by molar-refractivity contribution is 5.80. The summed E-state index contributed by atoms with van der Waals surface area (Å²) in [4.78, 5) is 11.2. The van der Waals surface area contributed by atoms with E-state index in [1.807, 2.05) is 33.8 Å². The van der Waals surface area contributed by atoms with Crippen LogP contribution in [0.25, 0.3) is 0 Å². The Bertz CT molecular complexity index is 741. The summed E-state index contributed by atoms with van der Waals surface area (Å²) in [5, 5.41) is 18.6. The second-order valence-electron chi connectivity index (χ2n) is 7.41. The highest BCUT2D eigenvalue weighted by Crippen LogP contribution is 2.32. The van der Waals surface area contributed by atoms with Gasteiger partial charge in [-0.2, -0.15) is 5.26 Å². The molecule has 1 aromatic carbocycles. The maximum absolute atomic E-state index is 11.2. The second kappa shape index (κ2) is 9.03. The average Bonchev–Trinajstić information content (AvgIpc) is 2.62. The first-order valence-electron chi connectivity index (χ1n) is 9.05. The van der Waals surface area contributed by atoms with E-state index in [2.05, 4.69) is 6.07 Å². The highest BCUT2D eigenvalue weighted by Gasteiger charge is 2.32. The minimum absolute atomic E-state index is 0.0264. The lowest BCUT2D eigenvalue weighted by molar-refractivity contribution is -0.131. The Kier molecular flexibility index (Phi) is 7.00. The van der Waals surface area contributed by atoms with Gasteiger partial charge >= 0.3 is 5.97 Å². The van der Waals surface area contributed by atoms with Crippen LogP contribution in [0.5, 0.6) is 5.75 Å². The van der Waals surface area contributed by atoms with E-state index in [9.17, 15) is 15.2 Å². The molecule has 1 aliphatic rings. The van der Waals surface area contributed by atoms with Crippen molar-refractivity contribution in [2.45, 2.75) is 45.8 Å². The maximum Gasteiger partial charge on any atom is 0.328 e. The molecule has 1 heterocycles. The lowest BCUT2D eigenvalue weighted by atomic mass is 9.85. The van der Waals surface area contributed by atoms with Gasteiger partial charge in [-0.05, 0) is 56.4 Å². The number of carboxylic acid groups (broad SMARTS) is 1. The highest BCUT2D eigenvalue weighted by atomic mass is 16.6. The van der Waals surface area contributed by atoms with Crippen LogP contribution in [0.4, 0.5) is 0 Å². The van der Waals surface area contributed by atoms with Crippen molar-refractivity contribution in [1.82, 2.24) is 0 Å². The van der Waals surface area contributed by atoms with Gasteiger partial charge in [0.05, 0.1) is 25.4 Å². The molecule has 1 N–H and O–H groups in total. The molecule has 2 atom stereocenters. The molecule has 1 aromatic rings. The first-order valence-corrected chi connectivity index (χ1v) is 9.05. The number of nitrogens with zero attached hydrogens (tertiary/aromatic N) is 1. The lowest BCUT2D eigenvalue weighted by Crippen LogP contribution is -2.38. The molecule has 0 radical (unpaired) electrons. The topological polar surface area (TPSA) is 88.8 Å². The van der Waals surface area contributed by atoms with Crippen molar-refractivity contribution in [3.63, 3.8) is 0 Å². The Balaban J connectivity index is 2.17. The zero-order chi connectivity index (χ0) is 20.0. The second-order valence-corrected chi connectivity index (χ2v) is 7.41. The predicted molar refractivity (Wildman–Crippen MR) is 101 cm³/mol. The minimum Gasteiger partial charge on any atom is -0.486 e. The Labute approximate surface area is 160 Å². The van der Waals surface area contributed by atoms with E-state index in [0.717, 1.165) is 5.56 Å². The summed E-state index contributed by atoms with van der Waals surface area (Å²) >= 11 is 0. The Morgan fingerprint density at radius 2 is 2.22 bits per heavy atom.